The molecule has 6 heteroatoms. The summed E-state index contributed by atoms with van der Waals surface area (Å²) in [6.45, 7) is 0. The summed E-state index contributed by atoms with van der Waals surface area (Å²) >= 11 is 0. The number of halogens is 1. The molecular weight excluding hydrogens is 383 g/mol. The Kier molecular flexibility index (Phi) is 6.70. The summed E-state index contributed by atoms with van der Waals surface area (Å²) in [7, 11) is 0. The Morgan fingerprint density at radius 2 is 1.50 bits per heavy atom. The molecule has 0 spiro atoms. The first-order valence-corrected chi connectivity index (χ1v) is 9.44. The predicted octanol–water partition coefficient (Wildman–Crippen LogP) is 2.81. The van der Waals surface area contributed by atoms with Gasteiger partial charge in [0.2, 0.25) is 11.8 Å². The first kappa shape index (κ1) is 20.9. The van der Waals surface area contributed by atoms with Gasteiger partial charge in [0, 0.05) is 17.5 Å². The number of hydrogen-bond acceptors (Lipinski definition) is 3. The standard InChI is InChI=1S/C24H21FN2O3/c25-20-8-4-5-17(13-20)15-22(28)27-21(24(26)30)14-16-9-11-19(12-10-16)23(29)18-6-2-1-3-7-18/h1-13,21H,14-15H2,(H2,26,30)(H,27,28)/t21-/m0/s1. The van der Waals surface area contributed by atoms with E-state index in [-0.39, 0.29) is 18.6 Å². The molecule has 0 aliphatic rings. The van der Waals surface area contributed by atoms with Crippen molar-refractivity contribution in [2.75, 3.05) is 0 Å². The Balaban J connectivity index is 1.64. The molecule has 0 aliphatic heterocycles. The van der Waals surface area contributed by atoms with Gasteiger partial charge in [-0.2, -0.15) is 0 Å². The maximum Gasteiger partial charge on any atom is 0.240 e. The number of carbonyl (C=O) groups is 3. The number of primary amides is 1. The van der Waals surface area contributed by atoms with Crippen LogP contribution in [0.1, 0.15) is 27.0 Å². The van der Waals surface area contributed by atoms with Crippen LogP contribution in [-0.4, -0.2) is 23.6 Å². The van der Waals surface area contributed by atoms with Crippen molar-refractivity contribution in [2.45, 2.75) is 18.9 Å². The van der Waals surface area contributed by atoms with Crippen molar-refractivity contribution in [3.63, 3.8) is 0 Å². The fourth-order valence-electron chi connectivity index (χ4n) is 3.08. The van der Waals surface area contributed by atoms with Crippen molar-refractivity contribution < 1.29 is 18.8 Å². The molecule has 0 aromatic heterocycles. The van der Waals surface area contributed by atoms with Gasteiger partial charge in [0.1, 0.15) is 11.9 Å². The molecule has 30 heavy (non-hydrogen) atoms. The number of nitrogens with one attached hydrogen (secondary N) is 1. The van der Waals surface area contributed by atoms with E-state index in [0.717, 1.165) is 5.56 Å². The molecule has 0 bridgehead atoms. The van der Waals surface area contributed by atoms with Gasteiger partial charge in [-0.05, 0) is 23.3 Å². The highest BCUT2D eigenvalue weighted by Gasteiger charge is 2.19. The summed E-state index contributed by atoms with van der Waals surface area (Å²) in [6, 6.07) is 20.5. The highest BCUT2D eigenvalue weighted by molar-refractivity contribution is 6.08. The molecule has 5 nitrogen and oxygen atoms in total. The van der Waals surface area contributed by atoms with Gasteiger partial charge in [0.25, 0.3) is 0 Å². The van der Waals surface area contributed by atoms with E-state index in [4.69, 9.17) is 5.73 Å². The van der Waals surface area contributed by atoms with Gasteiger partial charge in [-0.1, -0.05) is 66.7 Å². The van der Waals surface area contributed by atoms with Crippen molar-refractivity contribution >= 4 is 17.6 Å². The molecule has 0 saturated heterocycles. The van der Waals surface area contributed by atoms with Crippen LogP contribution in [-0.2, 0) is 22.4 Å². The maximum atomic E-state index is 13.3. The van der Waals surface area contributed by atoms with Crippen LogP contribution >= 0.6 is 0 Å². The Morgan fingerprint density at radius 3 is 2.13 bits per heavy atom. The summed E-state index contributed by atoms with van der Waals surface area (Å²) < 4.78 is 13.3. The minimum atomic E-state index is -0.915. The molecule has 0 saturated carbocycles. The molecule has 3 aromatic rings. The van der Waals surface area contributed by atoms with E-state index in [1.807, 2.05) is 6.07 Å². The monoisotopic (exact) mass is 404 g/mol. The molecule has 0 fully saturated rings. The van der Waals surface area contributed by atoms with Gasteiger partial charge in [-0.3, -0.25) is 14.4 Å². The fourth-order valence-corrected chi connectivity index (χ4v) is 3.08. The second kappa shape index (κ2) is 9.60. The minimum absolute atomic E-state index is 0.0634. The average Bonchev–Trinajstić information content (AvgIpc) is 2.74. The number of nitrogens with two attached hydrogens (primary N) is 1. The summed E-state index contributed by atoms with van der Waals surface area (Å²) in [5.41, 5.74) is 7.79. The first-order chi connectivity index (χ1) is 14.4. The Labute approximate surface area is 173 Å². The second-order valence-electron chi connectivity index (χ2n) is 6.93. The smallest absolute Gasteiger partial charge is 0.240 e. The third-order valence-corrected chi connectivity index (χ3v) is 4.62. The number of hydrogen-bond donors (Lipinski definition) is 2. The zero-order valence-corrected chi connectivity index (χ0v) is 16.2. The number of amides is 2. The van der Waals surface area contributed by atoms with Crippen molar-refractivity contribution in [3.05, 3.63) is 107 Å². The lowest BCUT2D eigenvalue weighted by molar-refractivity contribution is -0.127. The zero-order chi connectivity index (χ0) is 21.5. The molecule has 0 aliphatic carbocycles. The highest BCUT2D eigenvalue weighted by atomic mass is 19.1. The van der Waals surface area contributed by atoms with Crippen LogP contribution in [0, 0.1) is 5.82 Å². The SMILES string of the molecule is NC(=O)[C@H](Cc1ccc(C(=O)c2ccccc2)cc1)NC(=O)Cc1cccc(F)c1. The predicted molar refractivity (Wildman–Crippen MR) is 111 cm³/mol. The molecule has 2 amide bonds. The van der Waals surface area contributed by atoms with Crippen LogP contribution in [0.3, 0.4) is 0 Å². The zero-order valence-electron chi connectivity index (χ0n) is 16.2. The number of benzene rings is 3. The quantitative estimate of drug-likeness (QED) is 0.566. The van der Waals surface area contributed by atoms with Crippen molar-refractivity contribution in [1.82, 2.24) is 5.32 Å². The second-order valence-corrected chi connectivity index (χ2v) is 6.93. The van der Waals surface area contributed by atoms with Crippen LogP contribution in [0.4, 0.5) is 4.39 Å². The molecule has 1 atom stereocenters. The van der Waals surface area contributed by atoms with E-state index in [2.05, 4.69) is 5.32 Å². The lowest BCUT2D eigenvalue weighted by Gasteiger charge is -2.16. The Bertz CT molecular complexity index is 1050. The van der Waals surface area contributed by atoms with Crippen LogP contribution in [0.2, 0.25) is 0 Å². The van der Waals surface area contributed by atoms with Gasteiger partial charge in [-0.15, -0.1) is 0 Å². The largest absolute Gasteiger partial charge is 0.368 e. The Morgan fingerprint density at radius 1 is 0.833 bits per heavy atom. The van der Waals surface area contributed by atoms with E-state index in [9.17, 15) is 18.8 Å². The van der Waals surface area contributed by atoms with Crippen LogP contribution in [0.5, 0.6) is 0 Å². The van der Waals surface area contributed by atoms with Gasteiger partial charge in [0.05, 0.1) is 6.42 Å². The van der Waals surface area contributed by atoms with Gasteiger partial charge >= 0.3 is 0 Å². The fraction of sp³-hybridized carbons (Fsp3) is 0.125. The Hall–Kier alpha value is -3.80. The molecule has 3 aromatic carbocycles. The summed E-state index contributed by atoms with van der Waals surface area (Å²) in [5.74, 6) is -1.64. The van der Waals surface area contributed by atoms with E-state index in [0.29, 0.717) is 16.7 Å². The van der Waals surface area contributed by atoms with E-state index in [1.165, 1.54) is 18.2 Å². The summed E-state index contributed by atoms with van der Waals surface area (Å²) in [4.78, 5) is 36.5. The van der Waals surface area contributed by atoms with Crippen LogP contribution < -0.4 is 11.1 Å². The number of ketones is 1. The number of rotatable bonds is 8. The van der Waals surface area contributed by atoms with Crippen molar-refractivity contribution in [1.29, 1.82) is 0 Å². The molecular formula is C24H21FN2O3. The summed E-state index contributed by atoms with van der Waals surface area (Å²) in [5, 5.41) is 2.59. The third-order valence-electron chi connectivity index (χ3n) is 4.62. The molecule has 3 N–H and O–H groups in total. The lowest BCUT2D eigenvalue weighted by atomic mass is 9.99. The highest BCUT2D eigenvalue weighted by Crippen LogP contribution is 2.13. The topological polar surface area (TPSA) is 89.3 Å². The van der Waals surface area contributed by atoms with Crippen molar-refractivity contribution in [3.8, 4) is 0 Å². The minimum Gasteiger partial charge on any atom is -0.368 e. The van der Waals surface area contributed by atoms with E-state index < -0.39 is 23.7 Å². The molecule has 0 heterocycles. The third kappa shape index (κ3) is 5.61. The average molecular weight is 404 g/mol. The van der Waals surface area contributed by atoms with Crippen molar-refractivity contribution in [2.24, 2.45) is 5.73 Å². The molecule has 152 valence electrons. The van der Waals surface area contributed by atoms with Crippen LogP contribution in [0.15, 0.2) is 78.9 Å². The van der Waals surface area contributed by atoms with Gasteiger partial charge < -0.3 is 11.1 Å². The molecule has 0 unspecified atom stereocenters. The van der Waals surface area contributed by atoms with E-state index in [1.54, 1.807) is 54.6 Å². The van der Waals surface area contributed by atoms with Gasteiger partial charge in [0.15, 0.2) is 5.78 Å². The first-order valence-electron chi connectivity index (χ1n) is 9.44. The van der Waals surface area contributed by atoms with E-state index >= 15 is 0 Å². The normalized spacial score (nSPS) is 11.5. The molecule has 3 rings (SSSR count). The maximum absolute atomic E-state index is 13.3. The molecule has 0 radical (unpaired) electrons. The van der Waals surface area contributed by atoms with Gasteiger partial charge in [-0.25, -0.2) is 4.39 Å². The number of carbonyl (C=O) groups excluding carboxylic acids is 3. The summed E-state index contributed by atoms with van der Waals surface area (Å²) in [6.07, 6.45) is 0.121. The lowest BCUT2D eigenvalue weighted by Crippen LogP contribution is -2.46. The van der Waals surface area contributed by atoms with Crippen LogP contribution in [0.25, 0.3) is 0 Å².